The number of hydrogen-bond donors (Lipinski definition) is 7. The van der Waals surface area contributed by atoms with Crippen LogP contribution in [0.3, 0.4) is 0 Å². The van der Waals surface area contributed by atoms with Crippen LogP contribution in [0.15, 0.2) is 65.3 Å². The highest BCUT2D eigenvalue weighted by Crippen LogP contribution is 2.30. The number of urea groups is 1. The second kappa shape index (κ2) is 28.8. The Labute approximate surface area is 435 Å². The monoisotopic (exact) mass is 1020 g/mol. The van der Waals surface area contributed by atoms with Gasteiger partial charge >= 0.3 is 12.1 Å². The van der Waals surface area contributed by atoms with Crippen molar-refractivity contribution in [1.82, 2.24) is 30.7 Å². The molecule has 3 heterocycles. The number of amidine groups is 1. The molecular formula is C55H77N11O8. The minimum atomic E-state index is -0.998. The number of amides is 8. The molecule has 0 saturated heterocycles. The van der Waals surface area contributed by atoms with Crippen molar-refractivity contribution in [3.63, 3.8) is 0 Å². The number of nitrogens with zero attached hydrogens (tertiary/aromatic N) is 4. The van der Waals surface area contributed by atoms with Crippen LogP contribution < -0.4 is 38.1 Å². The smallest absolute Gasteiger partial charge is 0.410 e. The summed E-state index contributed by atoms with van der Waals surface area (Å²) in [6.07, 6.45) is 11.0. The third-order valence-corrected chi connectivity index (χ3v) is 12.7. The van der Waals surface area contributed by atoms with Crippen LogP contribution in [0, 0.1) is 11.8 Å². The molecule has 2 aromatic carbocycles. The van der Waals surface area contributed by atoms with Crippen molar-refractivity contribution in [1.29, 1.82) is 0 Å². The lowest BCUT2D eigenvalue weighted by Crippen LogP contribution is -2.54. The first-order valence-corrected chi connectivity index (χ1v) is 26.1. The van der Waals surface area contributed by atoms with E-state index in [1.165, 1.54) is 0 Å². The molecule has 19 heteroatoms. The third kappa shape index (κ3) is 18.0. The Hall–Kier alpha value is -7.31. The van der Waals surface area contributed by atoms with Crippen LogP contribution in [0.25, 0.3) is 6.08 Å². The Kier molecular flexibility index (Phi) is 22.4. The number of pyridine rings is 1. The number of primary amides is 1. The minimum absolute atomic E-state index is 0.0448. The molecule has 3 aromatic rings. The molecule has 0 fully saturated rings. The van der Waals surface area contributed by atoms with E-state index >= 15 is 0 Å². The maximum absolute atomic E-state index is 13.7. The van der Waals surface area contributed by atoms with Crippen molar-refractivity contribution in [3.05, 3.63) is 88.2 Å². The highest BCUT2D eigenvalue weighted by Gasteiger charge is 2.30. The molecule has 0 spiro atoms. The number of hydrogen-bond acceptors (Lipinski definition) is 11. The van der Waals surface area contributed by atoms with E-state index in [-0.39, 0.29) is 56.1 Å². The van der Waals surface area contributed by atoms with Crippen LogP contribution >= 0.6 is 0 Å². The van der Waals surface area contributed by atoms with Gasteiger partial charge in [0.05, 0.1) is 24.1 Å². The molecule has 0 saturated carbocycles. The van der Waals surface area contributed by atoms with Gasteiger partial charge in [0.1, 0.15) is 24.5 Å². The van der Waals surface area contributed by atoms with Gasteiger partial charge in [0.15, 0.2) is 0 Å². The maximum atomic E-state index is 13.7. The fourth-order valence-electron chi connectivity index (χ4n) is 8.75. The summed E-state index contributed by atoms with van der Waals surface area (Å²) in [4.78, 5) is 104. The number of nitrogens with two attached hydrogens (primary N) is 2. The lowest BCUT2D eigenvalue weighted by molar-refractivity contribution is -0.132. The van der Waals surface area contributed by atoms with Gasteiger partial charge in [0.2, 0.25) is 23.6 Å². The number of aromatic nitrogens is 1. The van der Waals surface area contributed by atoms with E-state index in [9.17, 15) is 33.6 Å². The number of anilines is 2. The quantitative estimate of drug-likeness (QED) is 0.0390. The van der Waals surface area contributed by atoms with E-state index < -0.39 is 41.9 Å². The van der Waals surface area contributed by atoms with Gasteiger partial charge in [-0.2, -0.15) is 0 Å². The lowest BCUT2D eigenvalue weighted by Gasteiger charge is -2.28. The number of nitrogens with one attached hydrogen (secondary N) is 5. The van der Waals surface area contributed by atoms with Crippen molar-refractivity contribution in [2.75, 3.05) is 36.8 Å². The van der Waals surface area contributed by atoms with Crippen LogP contribution in [0.2, 0.25) is 0 Å². The highest BCUT2D eigenvalue weighted by atomic mass is 16.6. The molecule has 0 bridgehead atoms. The van der Waals surface area contributed by atoms with Crippen molar-refractivity contribution in [3.8, 4) is 0 Å². The molecule has 8 amide bonds. The SMILES string of the molecule is CCCN(CCC)C(=O)C1=Cc2ccc(C(=O)Nc3cnc4c(c3)CN(C(=O)OCc3ccc(NC(=O)C(CCCNC(N)=O)NC(=O)C(NC(=O)CCCCCCC(C)C)C(C)C)cc3)CC4)cc2N=C(N)C1. The van der Waals surface area contributed by atoms with E-state index in [1.807, 2.05) is 32.6 Å². The first-order chi connectivity index (χ1) is 35.4. The summed E-state index contributed by atoms with van der Waals surface area (Å²) >= 11 is 0. The zero-order valence-corrected chi connectivity index (χ0v) is 44.0. The van der Waals surface area contributed by atoms with Gasteiger partial charge in [0, 0.05) is 73.5 Å². The molecule has 2 aliphatic heterocycles. The summed E-state index contributed by atoms with van der Waals surface area (Å²) in [5.41, 5.74) is 16.7. The number of unbranched alkanes of at least 4 members (excludes halogenated alkanes) is 3. The van der Waals surface area contributed by atoms with E-state index in [2.05, 4.69) is 50.4 Å². The molecular weight excluding hydrogens is 943 g/mol. The normalized spacial score (nSPS) is 13.8. The molecule has 0 aliphatic carbocycles. The van der Waals surface area contributed by atoms with Gasteiger partial charge < -0.3 is 52.6 Å². The predicted octanol–water partition coefficient (Wildman–Crippen LogP) is 7.46. The summed E-state index contributed by atoms with van der Waals surface area (Å²) in [5, 5.41) is 13.9. The van der Waals surface area contributed by atoms with Crippen LogP contribution in [0.5, 0.6) is 0 Å². The average molecular weight is 1020 g/mol. The molecule has 2 unspecified atom stereocenters. The number of carbonyl (C=O) groups excluding carboxylic acids is 7. The molecule has 1 aromatic heterocycles. The van der Waals surface area contributed by atoms with Gasteiger partial charge in [-0.25, -0.2) is 14.6 Å². The Morgan fingerprint density at radius 2 is 1.55 bits per heavy atom. The minimum Gasteiger partial charge on any atom is -0.445 e. The molecule has 9 N–H and O–H groups in total. The highest BCUT2D eigenvalue weighted by molar-refractivity contribution is 6.08. The molecule has 74 heavy (non-hydrogen) atoms. The second-order valence-corrected chi connectivity index (χ2v) is 19.8. The van der Waals surface area contributed by atoms with Gasteiger partial charge in [-0.05, 0) is 91.5 Å². The summed E-state index contributed by atoms with van der Waals surface area (Å²) < 4.78 is 5.69. The number of ether oxygens (including phenoxy) is 1. The maximum Gasteiger partial charge on any atom is 0.410 e. The largest absolute Gasteiger partial charge is 0.445 e. The Bertz CT molecular complexity index is 2500. The van der Waals surface area contributed by atoms with Crippen molar-refractivity contribution < 1.29 is 38.3 Å². The van der Waals surface area contributed by atoms with Crippen LogP contribution in [-0.2, 0) is 43.5 Å². The standard InChI is InChI=1S/C55H77N11O8/c1-7-25-65(26-8-2)53(71)40-28-38-19-20-39(30-46(38)62-47(56)31-40)50(68)61-43-29-41-33-66(27-23-44(41)59-32-43)55(73)74-34-37-17-21-42(22-18-37)60-51(69)45(15-13-24-58-54(57)72)63-52(70)49(36(5)6)64-48(67)16-12-10-9-11-14-35(3)4/h17-22,28-30,32,35-36,45,49H,7-16,23-27,31,33-34H2,1-6H3,(H2,56,62)(H,60,69)(H,61,68)(H,63,70)(H,64,67)(H3,57,58,72). The third-order valence-electron chi connectivity index (χ3n) is 12.7. The number of rotatable bonds is 26. The van der Waals surface area contributed by atoms with Crippen LogP contribution in [-0.4, -0.2) is 101 Å². The van der Waals surface area contributed by atoms with Crippen LogP contribution in [0.1, 0.15) is 145 Å². The van der Waals surface area contributed by atoms with E-state index in [4.69, 9.17) is 16.2 Å². The van der Waals surface area contributed by atoms with Crippen molar-refractivity contribution in [2.24, 2.45) is 28.3 Å². The first-order valence-electron chi connectivity index (χ1n) is 26.1. The average Bonchev–Trinajstić information content (AvgIpc) is 3.53. The fourth-order valence-corrected chi connectivity index (χ4v) is 8.75. The second-order valence-electron chi connectivity index (χ2n) is 19.8. The summed E-state index contributed by atoms with van der Waals surface area (Å²) in [6, 6.07) is 11.0. The van der Waals surface area contributed by atoms with Gasteiger partial charge in [-0.15, -0.1) is 0 Å². The van der Waals surface area contributed by atoms with E-state index in [1.54, 1.807) is 65.7 Å². The van der Waals surface area contributed by atoms with Gasteiger partial charge in [-0.1, -0.05) is 85.4 Å². The van der Waals surface area contributed by atoms with Gasteiger partial charge in [0.25, 0.3) is 5.91 Å². The fraction of sp³-hybridized carbons (Fsp3) is 0.509. The summed E-state index contributed by atoms with van der Waals surface area (Å²) in [6.45, 7) is 14.1. The van der Waals surface area contributed by atoms with E-state index in [0.717, 1.165) is 56.2 Å². The Morgan fingerprint density at radius 3 is 2.24 bits per heavy atom. The molecule has 2 atom stereocenters. The van der Waals surface area contributed by atoms with Crippen molar-refractivity contribution >= 4 is 70.6 Å². The Balaban J connectivity index is 1.14. The molecule has 2 aliphatic rings. The molecule has 5 rings (SSSR count). The summed E-state index contributed by atoms with van der Waals surface area (Å²) in [7, 11) is 0. The molecule has 0 radical (unpaired) electrons. The number of aliphatic imine (C=N–C) groups is 1. The van der Waals surface area contributed by atoms with Gasteiger partial charge in [-0.3, -0.25) is 29.0 Å². The first kappa shape index (κ1) is 57.6. The van der Waals surface area contributed by atoms with Crippen LogP contribution in [0.4, 0.5) is 26.7 Å². The zero-order chi connectivity index (χ0) is 53.7. The number of fused-ring (bicyclic) bond motifs is 2. The number of benzene rings is 2. The zero-order valence-electron chi connectivity index (χ0n) is 44.0. The topological polar surface area (TPSA) is 273 Å². The van der Waals surface area contributed by atoms with Crippen molar-refractivity contribution in [2.45, 2.75) is 144 Å². The summed E-state index contributed by atoms with van der Waals surface area (Å²) in [5.74, 6) is -0.995. The van der Waals surface area contributed by atoms with E-state index in [0.29, 0.717) is 84.1 Å². The Morgan fingerprint density at radius 1 is 0.824 bits per heavy atom. The molecule has 400 valence electrons. The lowest BCUT2D eigenvalue weighted by atomic mass is 10.0. The molecule has 19 nitrogen and oxygen atoms in total. The predicted molar refractivity (Wildman–Crippen MR) is 287 cm³/mol. The number of carbonyl (C=O) groups is 7.